The second-order valence-corrected chi connectivity index (χ2v) is 7.03. The van der Waals surface area contributed by atoms with Crippen LogP contribution in [0.15, 0.2) is 23.1 Å². The van der Waals surface area contributed by atoms with E-state index in [4.69, 9.17) is 5.73 Å². The van der Waals surface area contributed by atoms with E-state index in [1.807, 2.05) is 19.9 Å². The minimum Gasteiger partial charge on any atom is -0.327 e. The summed E-state index contributed by atoms with van der Waals surface area (Å²) in [4.78, 5) is 0.383. The summed E-state index contributed by atoms with van der Waals surface area (Å²) in [5, 5.41) is 0. The Balaban J connectivity index is 2.35. The number of sulfonamides is 1. The fourth-order valence-electron chi connectivity index (χ4n) is 2.42. The van der Waals surface area contributed by atoms with Crippen LogP contribution >= 0.6 is 0 Å². The zero-order valence-electron chi connectivity index (χ0n) is 10.9. The monoisotopic (exact) mass is 268 g/mol. The first kappa shape index (κ1) is 13.5. The smallest absolute Gasteiger partial charge is 0.243 e. The van der Waals surface area contributed by atoms with Crippen LogP contribution in [-0.4, -0.2) is 31.9 Å². The van der Waals surface area contributed by atoms with Crippen LogP contribution in [-0.2, 0) is 10.0 Å². The van der Waals surface area contributed by atoms with Gasteiger partial charge in [-0.2, -0.15) is 4.31 Å². The molecule has 1 aromatic carbocycles. The number of piperidine rings is 1. The molecule has 1 atom stereocenters. The van der Waals surface area contributed by atoms with E-state index in [-0.39, 0.29) is 6.04 Å². The number of benzene rings is 1. The SMILES string of the molecule is Cc1cc(C)cc(S(=O)(=O)N2CCC[C@@H](N)C2)c1. The molecule has 1 aliphatic rings. The first-order valence-corrected chi connectivity index (χ1v) is 7.67. The van der Waals surface area contributed by atoms with Crippen LogP contribution in [0.25, 0.3) is 0 Å². The fourth-order valence-corrected chi connectivity index (χ4v) is 4.15. The van der Waals surface area contributed by atoms with Crippen molar-refractivity contribution in [2.24, 2.45) is 5.73 Å². The summed E-state index contributed by atoms with van der Waals surface area (Å²) in [6.45, 7) is 4.82. The molecule has 4 nitrogen and oxygen atoms in total. The molecule has 0 aromatic heterocycles. The van der Waals surface area contributed by atoms with Gasteiger partial charge in [-0.05, 0) is 49.9 Å². The summed E-state index contributed by atoms with van der Waals surface area (Å²) in [6.07, 6.45) is 1.74. The van der Waals surface area contributed by atoms with Crippen molar-refractivity contribution in [1.82, 2.24) is 4.31 Å². The predicted molar refractivity (Wildman–Crippen MR) is 71.9 cm³/mol. The zero-order valence-corrected chi connectivity index (χ0v) is 11.7. The van der Waals surface area contributed by atoms with Gasteiger partial charge < -0.3 is 5.73 Å². The van der Waals surface area contributed by atoms with E-state index in [1.54, 1.807) is 12.1 Å². The summed E-state index contributed by atoms with van der Waals surface area (Å²) in [5.74, 6) is 0. The van der Waals surface area contributed by atoms with Crippen LogP contribution in [0.5, 0.6) is 0 Å². The average molecular weight is 268 g/mol. The van der Waals surface area contributed by atoms with Crippen molar-refractivity contribution >= 4 is 10.0 Å². The summed E-state index contributed by atoms with van der Waals surface area (Å²) >= 11 is 0. The molecule has 0 unspecified atom stereocenters. The molecule has 1 aromatic rings. The number of hydrogen-bond donors (Lipinski definition) is 1. The van der Waals surface area contributed by atoms with E-state index < -0.39 is 10.0 Å². The van der Waals surface area contributed by atoms with Crippen molar-refractivity contribution in [2.75, 3.05) is 13.1 Å². The third-order valence-corrected chi connectivity index (χ3v) is 5.10. The van der Waals surface area contributed by atoms with E-state index in [0.717, 1.165) is 24.0 Å². The molecular weight excluding hydrogens is 248 g/mol. The van der Waals surface area contributed by atoms with Gasteiger partial charge in [0.2, 0.25) is 10.0 Å². The zero-order chi connectivity index (χ0) is 13.3. The molecule has 0 spiro atoms. The Hall–Kier alpha value is -0.910. The number of rotatable bonds is 2. The van der Waals surface area contributed by atoms with Gasteiger partial charge in [-0.15, -0.1) is 0 Å². The van der Waals surface area contributed by atoms with Gasteiger partial charge in [0.25, 0.3) is 0 Å². The molecule has 5 heteroatoms. The van der Waals surface area contributed by atoms with Gasteiger partial charge in [0.1, 0.15) is 0 Å². The van der Waals surface area contributed by atoms with Crippen molar-refractivity contribution < 1.29 is 8.42 Å². The number of nitrogens with two attached hydrogens (primary N) is 1. The highest BCUT2D eigenvalue weighted by molar-refractivity contribution is 7.89. The third-order valence-electron chi connectivity index (χ3n) is 3.25. The lowest BCUT2D eigenvalue weighted by Crippen LogP contribution is -2.45. The highest BCUT2D eigenvalue weighted by Crippen LogP contribution is 2.22. The Bertz CT molecular complexity index is 520. The molecule has 0 amide bonds. The topological polar surface area (TPSA) is 63.4 Å². The molecule has 2 N–H and O–H groups in total. The standard InChI is InChI=1S/C13H20N2O2S/c1-10-6-11(2)8-13(7-10)18(16,17)15-5-3-4-12(14)9-15/h6-8,12H,3-5,9,14H2,1-2H3/t12-/m1/s1. The molecule has 1 aliphatic heterocycles. The summed E-state index contributed by atoms with van der Waals surface area (Å²) in [6, 6.07) is 5.38. The van der Waals surface area contributed by atoms with E-state index in [2.05, 4.69) is 0 Å². The fraction of sp³-hybridized carbons (Fsp3) is 0.538. The van der Waals surface area contributed by atoms with E-state index in [0.29, 0.717) is 18.0 Å². The van der Waals surface area contributed by atoms with E-state index in [9.17, 15) is 8.42 Å². The maximum Gasteiger partial charge on any atom is 0.243 e. The Morgan fingerprint density at radius 2 is 1.83 bits per heavy atom. The third kappa shape index (κ3) is 2.74. The van der Waals surface area contributed by atoms with Crippen molar-refractivity contribution in [1.29, 1.82) is 0 Å². The molecular formula is C13H20N2O2S. The molecule has 0 aliphatic carbocycles. The van der Waals surface area contributed by atoms with E-state index in [1.165, 1.54) is 4.31 Å². The molecule has 0 bridgehead atoms. The largest absolute Gasteiger partial charge is 0.327 e. The van der Waals surface area contributed by atoms with Crippen LogP contribution in [0, 0.1) is 13.8 Å². The van der Waals surface area contributed by atoms with Crippen LogP contribution in [0.2, 0.25) is 0 Å². The number of nitrogens with zero attached hydrogens (tertiary/aromatic N) is 1. The van der Waals surface area contributed by atoms with Crippen molar-refractivity contribution in [2.45, 2.75) is 37.6 Å². The first-order valence-electron chi connectivity index (χ1n) is 6.23. The molecule has 0 saturated carbocycles. The number of hydrogen-bond acceptors (Lipinski definition) is 3. The lowest BCUT2D eigenvalue weighted by Gasteiger charge is -2.30. The Labute approximate surface area is 109 Å². The highest BCUT2D eigenvalue weighted by atomic mass is 32.2. The van der Waals surface area contributed by atoms with Gasteiger partial charge in [-0.1, -0.05) is 6.07 Å². The summed E-state index contributed by atoms with van der Waals surface area (Å²) in [5.41, 5.74) is 7.79. The van der Waals surface area contributed by atoms with Crippen LogP contribution in [0.3, 0.4) is 0 Å². The Morgan fingerprint density at radius 1 is 1.22 bits per heavy atom. The maximum atomic E-state index is 12.5. The van der Waals surface area contributed by atoms with Gasteiger partial charge in [-0.3, -0.25) is 0 Å². The summed E-state index contributed by atoms with van der Waals surface area (Å²) < 4.78 is 26.5. The molecule has 100 valence electrons. The molecule has 1 heterocycles. The second kappa shape index (κ2) is 4.99. The lowest BCUT2D eigenvalue weighted by atomic mass is 10.1. The maximum absolute atomic E-state index is 12.5. The lowest BCUT2D eigenvalue weighted by molar-refractivity contribution is 0.316. The summed E-state index contributed by atoms with van der Waals surface area (Å²) in [7, 11) is -3.39. The van der Waals surface area contributed by atoms with Crippen molar-refractivity contribution in [3.8, 4) is 0 Å². The minimum absolute atomic E-state index is 0.0422. The van der Waals surface area contributed by atoms with Crippen LogP contribution in [0.1, 0.15) is 24.0 Å². The van der Waals surface area contributed by atoms with Crippen molar-refractivity contribution in [3.63, 3.8) is 0 Å². The van der Waals surface area contributed by atoms with Crippen LogP contribution < -0.4 is 5.73 Å². The molecule has 18 heavy (non-hydrogen) atoms. The van der Waals surface area contributed by atoms with Gasteiger partial charge in [-0.25, -0.2) is 8.42 Å². The second-order valence-electron chi connectivity index (χ2n) is 5.09. The normalized spacial score (nSPS) is 22.1. The highest BCUT2D eigenvalue weighted by Gasteiger charge is 2.28. The Kier molecular flexibility index (Phi) is 3.75. The van der Waals surface area contributed by atoms with Gasteiger partial charge in [0.15, 0.2) is 0 Å². The van der Waals surface area contributed by atoms with Crippen molar-refractivity contribution in [3.05, 3.63) is 29.3 Å². The Morgan fingerprint density at radius 3 is 2.39 bits per heavy atom. The van der Waals surface area contributed by atoms with Gasteiger partial charge in [0.05, 0.1) is 4.90 Å². The first-order chi connectivity index (χ1) is 8.39. The quantitative estimate of drug-likeness (QED) is 0.882. The molecule has 2 rings (SSSR count). The molecule has 1 fully saturated rings. The van der Waals surface area contributed by atoms with E-state index >= 15 is 0 Å². The van der Waals surface area contributed by atoms with Gasteiger partial charge >= 0.3 is 0 Å². The molecule has 1 saturated heterocycles. The predicted octanol–water partition coefficient (Wildman–Crippen LogP) is 1.42. The molecule has 0 radical (unpaired) electrons. The van der Waals surface area contributed by atoms with Crippen LogP contribution in [0.4, 0.5) is 0 Å². The minimum atomic E-state index is -3.39. The van der Waals surface area contributed by atoms with Gasteiger partial charge in [0, 0.05) is 19.1 Å². The number of aryl methyl sites for hydroxylation is 2. The average Bonchev–Trinajstić information content (AvgIpc) is 2.27.